The van der Waals surface area contributed by atoms with Gasteiger partial charge < -0.3 is 10.6 Å². The first-order valence-electron chi connectivity index (χ1n) is 3.33. The van der Waals surface area contributed by atoms with Crippen LogP contribution in [0.4, 0.5) is 0 Å². The summed E-state index contributed by atoms with van der Waals surface area (Å²) in [4.78, 5) is 0. The van der Waals surface area contributed by atoms with Crippen LogP contribution in [-0.2, 0) is 0 Å². The predicted molar refractivity (Wildman–Crippen MR) is 58.7 cm³/mol. The van der Waals surface area contributed by atoms with Crippen molar-refractivity contribution < 1.29 is 0 Å². The minimum Gasteiger partial charge on any atom is -0.364 e. The molecule has 68 valence electrons. The molecule has 4 nitrogen and oxygen atoms in total. The Morgan fingerprint density at radius 2 is 1.92 bits per heavy atom. The topological polar surface area (TPSA) is 48.1 Å². The van der Waals surface area contributed by atoms with Crippen LogP contribution in [0, 0.1) is 0 Å². The van der Waals surface area contributed by atoms with E-state index in [9.17, 15) is 0 Å². The third-order valence-corrected chi connectivity index (χ3v) is 1.48. The third-order valence-electron chi connectivity index (χ3n) is 0.924. The van der Waals surface area contributed by atoms with Gasteiger partial charge in [0.1, 0.15) is 0 Å². The van der Waals surface area contributed by atoms with E-state index in [0.717, 1.165) is 0 Å². The summed E-state index contributed by atoms with van der Waals surface area (Å²) < 4.78 is 0. The van der Waals surface area contributed by atoms with Crippen LogP contribution in [0.2, 0.25) is 0 Å². The molecule has 0 spiro atoms. The summed E-state index contributed by atoms with van der Waals surface area (Å²) >= 11 is 9.66. The molecule has 0 rings (SSSR count). The first-order valence-corrected chi connectivity index (χ1v) is 4.14. The molecule has 0 aromatic carbocycles. The average Bonchev–Trinajstić information content (AvgIpc) is 2.10. The molecule has 12 heavy (non-hydrogen) atoms. The molecule has 0 fully saturated rings. The van der Waals surface area contributed by atoms with Crippen molar-refractivity contribution in [1.29, 1.82) is 0 Å². The van der Waals surface area contributed by atoms with Gasteiger partial charge in [0.15, 0.2) is 10.2 Å². The molecular weight excluding hydrogens is 192 g/mol. The van der Waals surface area contributed by atoms with Crippen LogP contribution in [-0.4, -0.2) is 23.8 Å². The molecular formula is C6H12N4S2. The number of nitrogens with one attached hydrogen (secondary N) is 4. The summed E-state index contributed by atoms with van der Waals surface area (Å²) in [6, 6.07) is 0. The zero-order chi connectivity index (χ0) is 9.40. The molecule has 0 bridgehead atoms. The van der Waals surface area contributed by atoms with Gasteiger partial charge in [-0.3, -0.25) is 10.9 Å². The van der Waals surface area contributed by atoms with E-state index >= 15 is 0 Å². The lowest BCUT2D eigenvalue weighted by Crippen LogP contribution is -2.49. The van der Waals surface area contributed by atoms with Crippen LogP contribution in [0.1, 0.15) is 0 Å². The van der Waals surface area contributed by atoms with Crippen LogP contribution in [0.5, 0.6) is 0 Å². The number of hydrogen-bond acceptors (Lipinski definition) is 2. The summed E-state index contributed by atoms with van der Waals surface area (Å²) in [6.45, 7) is 4.16. The van der Waals surface area contributed by atoms with E-state index in [4.69, 9.17) is 24.4 Å². The van der Waals surface area contributed by atoms with Gasteiger partial charge in [0.05, 0.1) is 0 Å². The van der Waals surface area contributed by atoms with Crippen molar-refractivity contribution in [3.8, 4) is 0 Å². The lowest BCUT2D eigenvalue weighted by atomic mass is 10.6. The first kappa shape index (κ1) is 11.1. The van der Waals surface area contributed by atoms with E-state index in [-0.39, 0.29) is 0 Å². The van der Waals surface area contributed by atoms with E-state index in [1.807, 2.05) is 0 Å². The van der Waals surface area contributed by atoms with Gasteiger partial charge in [-0.05, 0) is 24.4 Å². The van der Waals surface area contributed by atoms with Gasteiger partial charge in [0, 0.05) is 13.6 Å². The highest BCUT2D eigenvalue weighted by Crippen LogP contribution is 1.65. The van der Waals surface area contributed by atoms with Gasteiger partial charge in [-0.1, -0.05) is 6.08 Å². The Balaban J connectivity index is 3.43. The summed E-state index contributed by atoms with van der Waals surface area (Å²) in [5.74, 6) is 0. The molecule has 0 saturated carbocycles. The predicted octanol–water partition coefficient (Wildman–Crippen LogP) is -0.355. The Kier molecular flexibility index (Phi) is 6.31. The van der Waals surface area contributed by atoms with Crippen molar-refractivity contribution >= 4 is 34.7 Å². The maximum absolute atomic E-state index is 4.87. The van der Waals surface area contributed by atoms with Crippen molar-refractivity contribution in [1.82, 2.24) is 21.5 Å². The minimum absolute atomic E-state index is 0.479. The van der Waals surface area contributed by atoms with Crippen molar-refractivity contribution in [2.24, 2.45) is 0 Å². The molecule has 0 aliphatic heterocycles. The number of thiocarbonyl (C=S) groups is 2. The molecule has 0 aliphatic carbocycles. The SMILES string of the molecule is C=CCNC(=S)NNC(=S)NC. The summed E-state index contributed by atoms with van der Waals surface area (Å²) in [6.07, 6.45) is 1.71. The van der Waals surface area contributed by atoms with E-state index < -0.39 is 0 Å². The standard InChI is InChI=1S/C6H12N4S2/c1-3-4-8-6(12)10-9-5(11)7-2/h3H,1,4H2,2H3,(H2,7,9,11)(H2,8,10,12). The lowest BCUT2D eigenvalue weighted by molar-refractivity contribution is 0.817. The number of hydrazine groups is 1. The maximum Gasteiger partial charge on any atom is 0.185 e. The highest BCUT2D eigenvalue weighted by atomic mass is 32.1. The third kappa shape index (κ3) is 5.87. The maximum atomic E-state index is 4.87. The minimum atomic E-state index is 0.479. The fraction of sp³-hybridized carbons (Fsp3) is 0.333. The molecule has 0 atom stereocenters. The number of rotatable bonds is 2. The summed E-state index contributed by atoms with van der Waals surface area (Å²) in [7, 11) is 1.72. The molecule has 0 amide bonds. The van der Waals surface area contributed by atoms with Crippen LogP contribution in [0.3, 0.4) is 0 Å². The highest BCUT2D eigenvalue weighted by molar-refractivity contribution is 7.80. The van der Waals surface area contributed by atoms with Gasteiger partial charge >= 0.3 is 0 Å². The second-order valence-electron chi connectivity index (χ2n) is 1.83. The summed E-state index contributed by atoms with van der Waals surface area (Å²) in [5.41, 5.74) is 5.36. The Morgan fingerprint density at radius 1 is 1.33 bits per heavy atom. The largest absolute Gasteiger partial charge is 0.364 e. The van der Waals surface area contributed by atoms with Crippen molar-refractivity contribution in [2.45, 2.75) is 0 Å². The van der Waals surface area contributed by atoms with E-state index in [2.05, 4.69) is 28.1 Å². The Labute approximate surface area is 82.8 Å². The quantitative estimate of drug-likeness (QED) is 0.280. The van der Waals surface area contributed by atoms with Crippen molar-refractivity contribution in [2.75, 3.05) is 13.6 Å². The molecule has 0 aromatic rings. The molecule has 6 heteroatoms. The Hall–Kier alpha value is -0.880. The van der Waals surface area contributed by atoms with Crippen LogP contribution in [0.25, 0.3) is 0 Å². The van der Waals surface area contributed by atoms with Gasteiger partial charge in [0.2, 0.25) is 0 Å². The first-order chi connectivity index (χ1) is 5.70. The molecule has 0 radical (unpaired) electrons. The Bertz CT molecular complexity index is 180. The molecule has 0 heterocycles. The normalized spacial score (nSPS) is 8.08. The lowest BCUT2D eigenvalue weighted by Gasteiger charge is -2.11. The van der Waals surface area contributed by atoms with E-state index in [1.165, 1.54) is 0 Å². The van der Waals surface area contributed by atoms with Crippen LogP contribution < -0.4 is 21.5 Å². The molecule has 0 saturated heterocycles. The smallest absolute Gasteiger partial charge is 0.185 e. The molecule has 0 aliphatic rings. The second kappa shape index (κ2) is 6.81. The monoisotopic (exact) mass is 204 g/mol. The average molecular weight is 204 g/mol. The number of hydrogen-bond donors (Lipinski definition) is 4. The van der Waals surface area contributed by atoms with Crippen LogP contribution >= 0.6 is 24.4 Å². The van der Waals surface area contributed by atoms with E-state index in [0.29, 0.717) is 16.8 Å². The highest BCUT2D eigenvalue weighted by Gasteiger charge is 1.92. The van der Waals surface area contributed by atoms with Gasteiger partial charge in [-0.15, -0.1) is 6.58 Å². The van der Waals surface area contributed by atoms with Crippen LogP contribution in [0.15, 0.2) is 12.7 Å². The van der Waals surface area contributed by atoms with Crippen molar-refractivity contribution in [3.63, 3.8) is 0 Å². The zero-order valence-corrected chi connectivity index (χ0v) is 8.44. The van der Waals surface area contributed by atoms with Crippen molar-refractivity contribution in [3.05, 3.63) is 12.7 Å². The van der Waals surface area contributed by atoms with Gasteiger partial charge in [-0.25, -0.2) is 0 Å². The molecule has 0 aromatic heterocycles. The molecule has 4 N–H and O–H groups in total. The van der Waals surface area contributed by atoms with E-state index in [1.54, 1.807) is 13.1 Å². The zero-order valence-electron chi connectivity index (χ0n) is 6.81. The van der Waals surface area contributed by atoms with Gasteiger partial charge in [0.25, 0.3) is 0 Å². The fourth-order valence-corrected chi connectivity index (χ4v) is 0.570. The summed E-state index contributed by atoms with van der Waals surface area (Å²) in [5, 5.41) is 6.55. The molecule has 0 unspecified atom stereocenters. The second-order valence-corrected chi connectivity index (χ2v) is 2.64. The fourth-order valence-electron chi connectivity index (χ4n) is 0.385. The van der Waals surface area contributed by atoms with Gasteiger partial charge in [-0.2, -0.15) is 0 Å². The Morgan fingerprint density at radius 3 is 2.42 bits per heavy atom.